The number of hydrogen-bond acceptors (Lipinski definition) is 3. The Morgan fingerprint density at radius 2 is 1.74 bits per heavy atom. The van der Waals surface area contributed by atoms with Crippen molar-refractivity contribution < 1.29 is 27.4 Å². The van der Waals surface area contributed by atoms with Gasteiger partial charge >= 0.3 is 12.1 Å². The molecule has 0 aromatic heterocycles. The van der Waals surface area contributed by atoms with Crippen LogP contribution in [0.1, 0.15) is 18.1 Å². The summed E-state index contributed by atoms with van der Waals surface area (Å²) in [5.41, 5.74) is -0.559. The van der Waals surface area contributed by atoms with Crippen molar-refractivity contribution in [2.45, 2.75) is 19.5 Å². The molecular weight excluding hydrogens is 309 g/mol. The van der Waals surface area contributed by atoms with E-state index in [1.807, 2.05) is 0 Å². The van der Waals surface area contributed by atoms with Crippen LogP contribution in [0.15, 0.2) is 48.5 Å². The molecule has 0 aliphatic heterocycles. The van der Waals surface area contributed by atoms with Gasteiger partial charge in [0.1, 0.15) is 0 Å². The molecule has 23 heavy (non-hydrogen) atoms. The zero-order chi connectivity index (χ0) is 16.9. The third-order valence-corrected chi connectivity index (χ3v) is 2.98. The summed E-state index contributed by atoms with van der Waals surface area (Å²) in [6.45, 7) is 2.20. The molecule has 122 valence electrons. The molecule has 0 spiro atoms. The molecule has 0 atom stereocenters. The largest absolute Gasteiger partial charge is 0.490 e. The normalized spacial score (nSPS) is 11.1. The van der Waals surface area contributed by atoms with Gasteiger partial charge in [-0.05, 0) is 30.7 Å². The van der Waals surface area contributed by atoms with E-state index >= 15 is 0 Å². The number of halogens is 3. The van der Waals surface area contributed by atoms with Crippen molar-refractivity contribution in [3.8, 4) is 11.5 Å². The molecule has 6 heteroatoms. The lowest BCUT2D eigenvalue weighted by atomic mass is 10.1. The van der Waals surface area contributed by atoms with E-state index in [1.54, 1.807) is 31.2 Å². The van der Waals surface area contributed by atoms with Crippen molar-refractivity contribution in [1.82, 2.24) is 0 Å². The molecule has 0 heterocycles. The van der Waals surface area contributed by atoms with E-state index in [1.165, 1.54) is 12.1 Å². The van der Waals surface area contributed by atoms with E-state index in [0.717, 1.165) is 12.1 Å². The van der Waals surface area contributed by atoms with Crippen molar-refractivity contribution in [1.29, 1.82) is 0 Å². The summed E-state index contributed by atoms with van der Waals surface area (Å²) in [4.78, 5) is 11.9. The molecular formula is C17H15F3O3. The zero-order valence-corrected chi connectivity index (χ0v) is 12.4. The van der Waals surface area contributed by atoms with E-state index in [4.69, 9.17) is 9.47 Å². The maximum absolute atomic E-state index is 12.7. The van der Waals surface area contributed by atoms with Crippen molar-refractivity contribution in [2.75, 3.05) is 6.61 Å². The Hall–Kier alpha value is -2.50. The summed E-state index contributed by atoms with van der Waals surface area (Å²) < 4.78 is 48.5. The number of carbonyl (C=O) groups excluding carboxylic acids is 1. The molecule has 2 aromatic rings. The highest BCUT2D eigenvalue weighted by Gasteiger charge is 2.30. The summed E-state index contributed by atoms with van der Waals surface area (Å²) >= 11 is 0. The van der Waals surface area contributed by atoms with Crippen LogP contribution in [-0.4, -0.2) is 12.6 Å². The predicted molar refractivity (Wildman–Crippen MR) is 78.4 cm³/mol. The summed E-state index contributed by atoms with van der Waals surface area (Å²) in [7, 11) is 0. The van der Waals surface area contributed by atoms with Crippen LogP contribution < -0.4 is 9.47 Å². The van der Waals surface area contributed by atoms with E-state index in [-0.39, 0.29) is 17.7 Å². The molecule has 2 rings (SSSR count). The van der Waals surface area contributed by atoms with Gasteiger partial charge in [0.05, 0.1) is 18.6 Å². The fourth-order valence-corrected chi connectivity index (χ4v) is 1.99. The van der Waals surface area contributed by atoms with Gasteiger partial charge in [0.2, 0.25) is 0 Å². The Morgan fingerprint density at radius 3 is 2.39 bits per heavy atom. The molecule has 0 unspecified atom stereocenters. The van der Waals surface area contributed by atoms with Crippen molar-refractivity contribution in [3.63, 3.8) is 0 Å². The van der Waals surface area contributed by atoms with Crippen LogP contribution in [0, 0.1) is 0 Å². The van der Waals surface area contributed by atoms with Crippen molar-refractivity contribution >= 4 is 5.97 Å². The SMILES string of the molecule is CCOc1ccccc1OC(=O)Cc1cccc(C(F)(F)F)c1. The topological polar surface area (TPSA) is 35.5 Å². The maximum Gasteiger partial charge on any atom is 0.416 e. The Bertz CT molecular complexity index is 681. The minimum absolute atomic E-state index is 0.235. The highest BCUT2D eigenvalue weighted by molar-refractivity contribution is 5.76. The smallest absolute Gasteiger partial charge is 0.416 e. The first kappa shape index (κ1) is 16.9. The quantitative estimate of drug-likeness (QED) is 0.609. The third kappa shape index (κ3) is 4.74. The van der Waals surface area contributed by atoms with Gasteiger partial charge in [0, 0.05) is 0 Å². The lowest BCUT2D eigenvalue weighted by Gasteiger charge is -2.11. The number of carbonyl (C=O) groups is 1. The second kappa shape index (κ2) is 7.17. The molecule has 0 aliphatic carbocycles. The lowest BCUT2D eigenvalue weighted by Crippen LogP contribution is -2.13. The summed E-state index contributed by atoms with van der Waals surface area (Å²) in [6.07, 6.45) is -4.70. The minimum Gasteiger partial charge on any atom is -0.490 e. The molecule has 0 bridgehead atoms. The van der Waals surface area contributed by atoms with Gasteiger partial charge in [-0.25, -0.2) is 0 Å². The number of benzene rings is 2. The number of ether oxygens (including phenoxy) is 2. The van der Waals surface area contributed by atoms with Gasteiger partial charge in [0.25, 0.3) is 0 Å². The van der Waals surface area contributed by atoms with Crippen LogP contribution >= 0.6 is 0 Å². The first-order valence-electron chi connectivity index (χ1n) is 6.99. The van der Waals surface area contributed by atoms with Crippen LogP contribution in [0.2, 0.25) is 0 Å². The zero-order valence-electron chi connectivity index (χ0n) is 12.4. The first-order chi connectivity index (χ1) is 10.9. The average molecular weight is 324 g/mol. The van der Waals surface area contributed by atoms with Gasteiger partial charge < -0.3 is 9.47 Å². The number of alkyl halides is 3. The predicted octanol–water partition coefficient (Wildman–Crippen LogP) is 4.25. The van der Waals surface area contributed by atoms with Crippen LogP contribution in [0.4, 0.5) is 13.2 Å². The number of para-hydroxylation sites is 2. The number of esters is 1. The molecule has 0 amide bonds. The lowest BCUT2D eigenvalue weighted by molar-refractivity contribution is -0.138. The Balaban J connectivity index is 2.09. The summed E-state index contributed by atoms with van der Waals surface area (Å²) in [5.74, 6) is -0.00445. The molecule has 0 saturated carbocycles. The summed E-state index contributed by atoms with van der Waals surface area (Å²) in [5, 5.41) is 0. The van der Waals surface area contributed by atoms with Crippen LogP contribution in [0.5, 0.6) is 11.5 Å². The second-order valence-electron chi connectivity index (χ2n) is 4.73. The monoisotopic (exact) mass is 324 g/mol. The Labute approximate surface area is 131 Å². The van der Waals surface area contributed by atoms with Crippen LogP contribution in [-0.2, 0) is 17.4 Å². The van der Waals surface area contributed by atoms with E-state index in [0.29, 0.717) is 12.4 Å². The number of hydrogen-bond donors (Lipinski definition) is 0. The summed E-state index contributed by atoms with van der Waals surface area (Å²) in [6, 6.07) is 11.2. The molecule has 0 N–H and O–H groups in total. The highest BCUT2D eigenvalue weighted by Crippen LogP contribution is 2.30. The van der Waals surface area contributed by atoms with Gasteiger partial charge in [-0.2, -0.15) is 13.2 Å². The second-order valence-corrected chi connectivity index (χ2v) is 4.73. The van der Waals surface area contributed by atoms with E-state index in [2.05, 4.69) is 0 Å². The van der Waals surface area contributed by atoms with Gasteiger partial charge in [-0.1, -0.05) is 30.3 Å². The molecule has 0 aliphatic rings. The minimum atomic E-state index is -4.44. The van der Waals surface area contributed by atoms with E-state index < -0.39 is 17.7 Å². The number of rotatable bonds is 5. The van der Waals surface area contributed by atoms with Crippen LogP contribution in [0.25, 0.3) is 0 Å². The molecule has 2 aromatic carbocycles. The van der Waals surface area contributed by atoms with E-state index in [9.17, 15) is 18.0 Å². The van der Waals surface area contributed by atoms with Gasteiger partial charge in [0.15, 0.2) is 11.5 Å². The third-order valence-electron chi connectivity index (χ3n) is 2.98. The van der Waals surface area contributed by atoms with Gasteiger partial charge in [-0.3, -0.25) is 4.79 Å². The first-order valence-corrected chi connectivity index (χ1v) is 6.99. The average Bonchev–Trinajstić information content (AvgIpc) is 2.49. The molecule has 3 nitrogen and oxygen atoms in total. The van der Waals surface area contributed by atoms with Crippen molar-refractivity contribution in [3.05, 3.63) is 59.7 Å². The standard InChI is InChI=1S/C17H15F3O3/c1-2-22-14-8-3-4-9-15(14)23-16(21)11-12-6-5-7-13(10-12)17(18,19)20/h3-10H,2,11H2,1H3. The van der Waals surface area contributed by atoms with Crippen molar-refractivity contribution in [2.24, 2.45) is 0 Å². The maximum atomic E-state index is 12.7. The molecule has 0 saturated heterocycles. The molecule has 0 radical (unpaired) electrons. The van der Waals surface area contributed by atoms with Crippen LogP contribution in [0.3, 0.4) is 0 Å². The fraction of sp³-hybridized carbons (Fsp3) is 0.235. The van der Waals surface area contributed by atoms with Gasteiger partial charge in [-0.15, -0.1) is 0 Å². The molecule has 0 fully saturated rings. The fourth-order valence-electron chi connectivity index (χ4n) is 1.99. The highest BCUT2D eigenvalue weighted by atomic mass is 19.4. The Kier molecular flexibility index (Phi) is 5.26. The Morgan fingerprint density at radius 1 is 1.04 bits per heavy atom.